The summed E-state index contributed by atoms with van der Waals surface area (Å²) in [5, 5.41) is 3.16. The first-order valence-corrected chi connectivity index (χ1v) is 8.94. The number of carbonyl (C=O) groups is 1. The Morgan fingerprint density at radius 1 is 1.12 bits per heavy atom. The molecule has 2 fully saturated rings. The summed E-state index contributed by atoms with van der Waals surface area (Å²) in [6.07, 6.45) is 1.86. The minimum atomic E-state index is 0.0370. The number of hydrogen-bond acceptors (Lipinski definition) is 3. The van der Waals surface area contributed by atoms with E-state index in [2.05, 4.69) is 29.6 Å². The highest BCUT2D eigenvalue weighted by atomic mass is 16.5. The van der Waals surface area contributed by atoms with Crippen LogP contribution < -0.4 is 10.1 Å². The Morgan fingerprint density at radius 2 is 1.92 bits per heavy atom. The zero-order valence-electron chi connectivity index (χ0n) is 14.2. The third-order valence-electron chi connectivity index (χ3n) is 4.98. The van der Waals surface area contributed by atoms with Crippen LogP contribution in [0.15, 0.2) is 54.6 Å². The van der Waals surface area contributed by atoms with Crippen molar-refractivity contribution in [3.63, 3.8) is 0 Å². The zero-order chi connectivity index (χ0) is 17.1. The molecule has 2 aromatic carbocycles. The van der Waals surface area contributed by atoms with Crippen molar-refractivity contribution in [1.82, 2.24) is 5.32 Å². The number of rotatable bonds is 6. The lowest BCUT2D eigenvalue weighted by molar-refractivity contribution is -0.125. The molecular weight excluding hydrogens is 314 g/mol. The number of hydrogen-bond donors (Lipinski definition) is 1. The van der Waals surface area contributed by atoms with Gasteiger partial charge in [0.25, 0.3) is 0 Å². The molecule has 0 spiro atoms. The van der Waals surface area contributed by atoms with Crippen LogP contribution in [0.25, 0.3) is 0 Å². The Hall–Kier alpha value is -2.33. The van der Waals surface area contributed by atoms with Crippen LogP contribution in [-0.2, 0) is 16.1 Å². The summed E-state index contributed by atoms with van der Waals surface area (Å²) < 4.78 is 11.1. The third-order valence-corrected chi connectivity index (χ3v) is 4.98. The van der Waals surface area contributed by atoms with Crippen molar-refractivity contribution in [3.8, 4) is 5.75 Å². The number of benzene rings is 2. The topological polar surface area (TPSA) is 47.6 Å². The lowest BCUT2D eigenvalue weighted by Crippen LogP contribution is -2.33. The van der Waals surface area contributed by atoms with Gasteiger partial charge in [-0.15, -0.1) is 0 Å². The van der Waals surface area contributed by atoms with Crippen LogP contribution in [0.3, 0.4) is 0 Å². The van der Waals surface area contributed by atoms with Crippen molar-refractivity contribution in [3.05, 3.63) is 65.7 Å². The van der Waals surface area contributed by atoms with Gasteiger partial charge in [-0.3, -0.25) is 4.79 Å². The highest BCUT2D eigenvalue weighted by Gasteiger charge is 2.40. The molecule has 1 saturated heterocycles. The van der Waals surface area contributed by atoms with Crippen molar-refractivity contribution < 1.29 is 14.3 Å². The predicted molar refractivity (Wildman–Crippen MR) is 95.4 cm³/mol. The fraction of sp³-hybridized carbons (Fsp3) is 0.381. The van der Waals surface area contributed by atoms with Crippen LogP contribution >= 0.6 is 0 Å². The maximum absolute atomic E-state index is 12.1. The van der Waals surface area contributed by atoms with Gasteiger partial charge >= 0.3 is 0 Å². The van der Waals surface area contributed by atoms with Gasteiger partial charge in [-0.25, -0.2) is 0 Å². The van der Waals surface area contributed by atoms with Crippen molar-refractivity contribution in [2.24, 2.45) is 5.92 Å². The summed E-state index contributed by atoms with van der Waals surface area (Å²) in [7, 11) is 0. The van der Waals surface area contributed by atoms with Crippen molar-refractivity contribution in [1.29, 1.82) is 0 Å². The number of carbonyl (C=O) groups excluding carboxylic acids is 1. The van der Waals surface area contributed by atoms with E-state index in [0.29, 0.717) is 25.7 Å². The van der Waals surface area contributed by atoms with Crippen molar-refractivity contribution in [2.45, 2.75) is 31.4 Å². The van der Waals surface area contributed by atoms with E-state index >= 15 is 0 Å². The van der Waals surface area contributed by atoms with Crippen LogP contribution in [-0.4, -0.2) is 25.2 Å². The largest absolute Gasteiger partial charge is 0.489 e. The first-order valence-electron chi connectivity index (χ1n) is 8.94. The van der Waals surface area contributed by atoms with Gasteiger partial charge in [-0.2, -0.15) is 0 Å². The molecule has 2 aliphatic rings. The Balaban J connectivity index is 1.27. The van der Waals surface area contributed by atoms with E-state index in [9.17, 15) is 4.79 Å². The highest BCUT2D eigenvalue weighted by Crippen LogP contribution is 2.41. The van der Waals surface area contributed by atoms with Gasteiger partial charge in [-0.05, 0) is 36.1 Å². The molecule has 0 aromatic heterocycles. The SMILES string of the molecule is O=C(N[C@@H]1C[C@@H]1c1ccc(OCc2ccccc2)cc1)[C@H]1CCOC1. The summed E-state index contributed by atoms with van der Waals surface area (Å²) in [6.45, 7) is 1.85. The number of ether oxygens (including phenoxy) is 2. The van der Waals surface area contributed by atoms with Crippen LogP contribution in [0.1, 0.15) is 29.9 Å². The molecule has 4 rings (SSSR count). The molecule has 130 valence electrons. The quantitative estimate of drug-likeness (QED) is 0.880. The van der Waals surface area contributed by atoms with Gasteiger partial charge in [-0.1, -0.05) is 42.5 Å². The van der Waals surface area contributed by atoms with E-state index in [1.807, 2.05) is 30.3 Å². The average molecular weight is 337 g/mol. The fourth-order valence-electron chi connectivity index (χ4n) is 3.32. The molecule has 4 heteroatoms. The monoisotopic (exact) mass is 337 g/mol. The second-order valence-electron chi connectivity index (χ2n) is 6.86. The smallest absolute Gasteiger partial charge is 0.225 e. The molecule has 1 N–H and O–H groups in total. The number of nitrogens with one attached hydrogen (secondary N) is 1. The molecule has 3 atom stereocenters. The molecule has 0 bridgehead atoms. The summed E-state index contributed by atoms with van der Waals surface area (Å²) in [4.78, 5) is 12.1. The number of amides is 1. The van der Waals surface area contributed by atoms with Crippen LogP contribution in [0.4, 0.5) is 0 Å². The van der Waals surface area contributed by atoms with E-state index in [-0.39, 0.29) is 17.9 Å². The molecule has 4 nitrogen and oxygen atoms in total. The lowest BCUT2D eigenvalue weighted by atomic mass is 10.1. The van der Waals surface area contributed by atoms with E-state index in [0.717, 1.165) is 24.2 Å². The van der Waals surface area contributed by atoms with Gasteiger partial charge in [0.1, 0.15) is 12.4 Å². The molecule has 0 unspecified atom stereocenters. The van der Waals surface area contributed by atoms with Gasteiger partial charge in [0.15, 0.2) is 0 Å². The Morgan fingerprint density at radius 3 is 2.64 bits per heavy atom. The molecular formula is C21H23NO3. The van der Waals surface area contributed by atoms with E-state index in [4.69, 9.17) is 9.47 Å². The first-order chi connectivity index (χ1) is 12.3. The zero-order valence-corrected chi connectivity index (χ0v) is 14.2. The highest BCUT2D eigenvalue weighted by molar-refractivity contribution is 5.79. The van der Waals surface area contributed by atoms with Crippen LogP contribution in [0.2, 0.25) is 0 Å². The standard InChI is InChI=1S/C21H23NO3/c23-21(17-10-11-24-14-17)22-20-12-19(20)16-6-8-18(9-7-16)25-13-15-4-2-1-3-5-15/h1-9,17,19-20H,10-14H2,(H,22,23)/t17-,19+,20+/m0/s1. The van der Waals surface area contributed by atoms with E-state index < -0.39 is 0 Å². The Kier molecular flexibility index (Phi) is 4.70. The second kappa shape index (κ2) is 7.28. The van der Waals surface area contributed by atoms with E-state index in [1.165, 1.54) is 5.56 Å². The summed E-state index contributed by atoms with van der Waals surface area (Å²) in [5.41, 5.74) is 2.42. The fourth-order valence-corrected chi connectivity index (χ4v) is 3.32. The maximum atomic E-state index is 12.1. The Labute approximate surface area is 148 Å². The molecule has 1 amide bonds. The predicted octanol–water partition coefficient (Wildman–Crippen LogP) is 3.27. The Bertz CT molecular complexity index is 708. The van der Waals surface area contributed by atoms with Gasteiger partial charge in [0, 0.05) is 18.6 Å². The molecule has 1 aliphatic heterocycles. The second-order valence-corrected chi connectivity index (χ2v) is 6.86. The van der Waals surface area contributed by atoms with Crippen LogP contribution in [0.5, 0.6) is 5.75 Å². The summed E-state index contributed by atoms with van der Waals surface area (Å²) >= 11 is 0. The summed E-state index contributed by atoms with van der Waals surface area (Å²) in [6, 6.07) is 18.7. The summed E-state index contributed by atoms with van der Waals surface area (Å²) in [5.74, 6) is 1.48. The van der Waals surface area contributed by atoms with Crippen LogP contribution in [0, 0.1) is 5.92 Å². The molecule has 25 heavy (non-hydrogen) atoms. The molecule has 0 radical (unpaired) electrons. The first kappa shape index (κ1) is 16.2. The minimum absolute atomic E-state index is 0.0370. The lowest BCUT2D eigenvalue weighted by Gasteiger charge is -2.10. The average Bonchev–Trinajstić information content (AvgIpc) is 3.19. The van der Waals surface area contributed by atoms with Gasteiger partial charge < -0.3 is 14.8 Å². The molecule has 1 aliphatic carbocycles. The third kappa shape index (κ3) is 4.02. The van der Waals surface area contributed by atoms with Gasteiger partial charge in [0.05, 0.1) is 12.5 Å². The molecule has 2 aromatic rings. The normalized spacial score (nSPS) is 24.7. The maximum Gasteiger partial charge on any atom is 0.225 e. The van der Waals surface area contributed by atoms with Crippen molar-refractivity contribution >= 4 is 5.91 Å². The van der Waals surface area contributed by atoms with Crippen molar-refractivity contribution in [2.75, 3.05) is 13.2 Å². The minimum Gasteiger partial charge on any atom is -0.489 e. The van der Waals surface area contributed by atoms with Gasteiger partial charge in [0.2, 0.25) is 5.91 Å². The molecule has 1 heterocycles. The molecule has 1 saturated carbocycles. The van der Waals surface area contributed by atoms with E-state index in [1.54, 1.807) is 0 Å².